The second kappa shape index (κ2) is 4.03. The standard InChI is InChI=1S/C7H7.Zr/c1-7-5-3-2-4-6-7;/h3-6H,1H3;. The minimum atomic E-state index is 0. The molecule has 0 saturated heterocycles. The minimum Gasteiger partial charge on any atom is -0.0587 e. The van der Waals surface area contributed by atoms with Crippen LogP contribution in [-0.4, -0.2) is 0 Å². The number of hydrogen-bond donors (Lipinski definition) is 0. The van der Waals surface area contributed by atoms with E-state index in [1.54, 1.807) is 0 Å². The molecule has 0 N–H and O–H groups in total. The Morgan fingerprint density at radius 2 is 1.75 bits per heavy atom. The van der Waals surface area contributed by atoms with E-state index in [-0.39, 0.29) is 26.2 Å². The fourth-order valence-corrected chi connectivity index (χ4v) is 0.470. The van der Waals surface area contributed by atoms with E-state index in [2.05, 4.69) is 13.0 Å². The van der Waals surface area contributed by atoms with Crippen molar-refractivity contribution in [2.45, 2.75) is 6.92 Å². The van der Waals surface area contributed by atoms with Crippen molar-refractivity contribution in [2.24, 2.45) is 0 Å². The molecule has 0 bridgehead atoms. The van der Waals surface area contributed by atoms with Gasteiger partial charge in [0.2, 0.25) is 0 Å². The summed E-state index contributed by atoms with van der Waals surface area (Å²) in [6.07, 6.45) is 0. The third-order valence-electron chi connectivity index (χ3n) is 0.885. The molecule has 0 nitrogen and oxygen atoms in total. The minimum absolute atomic E-state index is 0. The summed E-state index contributed by atoms with van der Waals surface area (Å²) in [5.41, 5.74) is 1.29. The first kappa shape index (κ1) is 8.10. The molecule has 1 rings (SSSR count). The molecule has 0 aliphatic rings. The van der Waals surface area contributed by atoms with Crippen molar-refractivity contribution in [3.05, 3.63) is 35.9 Å². The van der Waals surface area contributed by atoms with Crippen molar-refractivity contribution in [1.29, 1.82) is 0 Å². The monoisotopic (exact) mass is 181 g/mol. The zero-order chi connectivity index (χ0) is 5.11. The van der Waals surface area contributed by atoms with E-state index in [9.17, 15) is 0 Å². The predicted octanol–water partition coefficient (Wildman–Crippen LogP) is 1.79. The summed E-state index contributed by atoms with van der Waals surface area (Å²) < 4.78 is 0. The quantitative estimate of drug-likeness (QED) is 0.574. The van der Waals surface area contributed by atoms with Gasteiger partial charge in [0, 0.05) is 26.2 Å². The normalized spacial score (nSPS) is 7.62. The van der Waals surface area contributed by atoms with Crippen LogP contribution in [-0.2, 0) is 26.2 Å². The van der Waals surface area contributed by atoms with E-state index in [4.69, 9.17) is 0 Å². The van der Waals surface area contributed by atoms with Gasteiger partial charge < -0.3 is 0 Å². The molecule has 0 spiro atoms. The van der Waals surface area contributed by atoms with Gasteiger partial charge in [-0.3, -0.25) is 0 Å². The van der Waals surface area contributed by atoms with Crippen LogP contribution in [0.2, 0.25) is 0 Å². The third kappa shape index (κ3) is 2.42. The van der Waals surface area contributed by atoms with Crippen molar-refractivity contribution in [3.8, 4) is 0 Å². The number of benzene rings is 1. The molecule has 0 aliphatic heterocycles. The number of aryl methyl sites for hydroxylation is 1. The molecule has 0 amide bonds. The van der Waals surface area contributed by atoms with Gasteiger partial charge in [0.05, 0.1) is 0 Å². The molecule has 1 aromatic carbocycles. The van der Waals surface area contributed by atoms with Crippen molar-refractivity contribution in [3.63, 3.8) is 0 Å². The summed E-state index contributed by atoms with van der Waals surface area (Å²) >= 11 is 0. The molecule has 0 aromatic heterocycles. The second-order valence-corrected chi connectivity index (χ2v) is 1.58. The second-order valence-electron chi connectivity index (χ2n) is 1.58. The van der Waals surface area contributed by atoms with Gasteiger partial charge in [0.1, 0.15) is 0 Å². The fourth-order valence-electron chi connectivity index (χ4n) is 0.470. The van der Waals surface area contributed by atoms with Crippen LogP contribution < -0.4 is 0 Å². The molecule has 1 aromatic rings. The van der Waals surface area contributed by atoms with E-state index in [0.29, 0.717) is 0 Å². The molecule has 39 valence electrons. The van der Waals surface area contributed by atoms with E-state index in [1.165, 1.54) is 5.56 Å². The van der Waals surface area contributed by atoms with Crippen LogP contribution in [0.15, 0.2) is 24.3 Å². The van der Waals surface area contributed by atoms with E-state index in [1.807, 2.05) is 24.3 Å². The summed E-state index contributed by atoms with van der Waals surface area (Å²) in [5, 5.41) is 0. The van der Waals surface area contributed by atoms with Gasteiger partial charge in [-0.1, -0.05) is 29.8 Å². The maximum atomic E-state index is 2.93. The van der Waals surface area contributed by atoms with Gasteiger partial charge in [-0.05, 0) is 13.0 Å². The molecule has 0 saturated carbocycles. The maximum absolute atomic E-state index is 2.93. The average Bonchev–Trinajstić information content (AvgIpc) is 1.69. The first-order chi connectivity index (χ1) is 3.39. The van der Waals surface area contributed by atoms with Crippen molar-refractivity contribution < 1.29 is 26.2 Å². The summed E-state index contributed by atoms with van der Waals surface area (Å²) in [7, 11) is 0. The average molecular weight is 182 g/mol. The molecule has 1 radical (unpaired) electrons. The van der Waals surface area contributed by atoms with Gasteiger partial charge in [0.15, 0.2) is 0 Å². The topological polar surface area (TPSA) is 0 Å². The fraction of sp³-hybridized carbons (Fsp3) is 0.143. The van der Waals surface area contributed by atoms with Crippen LogP contribution in [0.25, 0.3) is 0 Å². The van der Waals surface area contributed by atoms with Gasteiger partial charge >= 0.3 is 0 Å². The first-order valence-corrected chi connectivity index (χ1v) is 2.32. The molecule has 0 unspecified atom stereocenters. The zero-order valence-electron chi connectivity index (χ0n) is 4.81. The Kier molecular flexibility index (Phi) is 4.08. The van der Waals surface area contributed by atoms with Crippen LogP contribution in [0.1, 0.15) is 5.56 Å². The predicted molar refractivity (Wildman–Crippen MR) is 30.0 cm³/mol. The van der Waals surface area contributed by atoms with Crippen molar-refractivity contribution >= 4 is 0 Å². The van der Waals surface area contributed by atoms with E-state index in [0.717, 1.165) is 0 Å². The van der Waals surface area contributed by atoms with Gasteiger partial charge in [-0.15, -0.1) is 0 Å². The Labute approximate surface area is 69.0 Å². The Bertz CT molecular complexity index is 134. The first-order valence-electron chi connectivity index (χ1n) is 2.32. The molecule has 0 atom stereocenters. The Balaban J connectivity index is 0.000000490. The molecule has 0 fully saturated rings. The van der Waals surface area contributed by atoms with Crippen LogP contribution in [0.4, 0.5) is 0 Å². The smallest absolute Gasteiger partial charge is 0 e. The van der Waals surface area contributed by atoms with Crippen LogP contribution >= 0.6 is 0 Å². The van der Waals surface area contributed by atoms with Crippen molar-refractivity contribution in [2.75, 3.05) is 0 Å². The number of rotatable bonds is 0. The van der Waals surface area contributed by atoms with Gasteiger partial charge in [-0.2, -0.15) is 0 Å². The summed E-state index contributed by atoms with van der Waals surface area (Å²) in [5.74, 6) is 0. The Morgan fingerprint density at radius 1 is 1.25 bits per heavy atom. The molecule has 1 heteroatoms. The van der Waals surface area contributed by atoms with Crippen LogP contribution in [0.3, 0.4) is 0 Å². The van der Waals surface area contributed by atoms with Crippen LogP contribution in [0, 0.1) is 13.0 Å². The molecule has 0 heterocycles. The third-order valence-corrected chi connectivity index (χ3v) is 0.885. The Morgan fingerprint density at radius 3 is 2.00 bits per heavy atom. The maximum Gasteiger partial charge on any atom is 0 e. The number of hydrogen-bond acceptors (Lipinski definition) is 0. The molecular weight excluding hydrogens is 175 g/mol. The molecule has 8 heavy (non-hydrogen) atoms. The molecule has 0 aliphatic carbocycles. The summed E-state index contributed by atoms with van der Waals surface area (Å²) in [6.45, 7) is 2.06. The molecular formula is C7H7Zr. The summed E-state index contributed by atoms with van der Waals surface area (Å²) in [6, 6.07) is 10.8. The largest absolute Gasteiger partial charge is 0.0587 e. The zero-order valence-corrected chi connectivity index (χ0v) is 7.27. The Hall–Kier alpha value is 0.103. The summed E-state index contributed by atoms with van der Waals surface area (Å²) in [4.78, 5) is 0. The SMILES string of the molecule is Cc1cc[c]cc1.[Zr]. The van der Waals surface area contributed by atoms with Gasteiger partial charge in [-0.25, -0.2) is 0 Å². The van der Waals surface area contributed by atoms with Crippen molar-refractivity contribution in [1.82, 2.24) is 0 Å². The van der Waals surface area contributed by atoms with E-state index >= 15 is 0 Å². The van der Waals surface area contributed by atoms with Gasteiger partial charge in [0.25, 0.3) is 0 Å². The van der Waals surface area contributed by atoms with E-state index < -0.39 is 0 Å². The van der Waals surface area contributed by atoms with Crippen LogP contribution in [0.5, 0.6) is 0 Å².